The molecule has 0 unspecified atom stereocenters. The van der Waals surface area contributed by atoms with Crippen LogP contribution in [0.3, 0.4) is 0 Å². The van der Waals surface area contributed by atoms with Gasteiger partial charge in [-0.3, -0.25) is 4.79 Å². The Hall–Kier alpha value is -1.92. The van der Waals surface area contributed by atoms with Gasteiger partial charge in [-0.25, -0.2) is 0 Å². The van der Waals surface area contributed by atoms with Gasteiger partial charge in [0.2, 0.25) is 0 Å². The predicted molar refractivity (Wildman–Crippen MR) is 50.5 cm³/mol. The standard InChI is InChI=1S/C10H9F3O4/c1-16-9(15)4-6-2-7(14)5-8(3-6)17-10(11,12)13/h2-3,5,14H,4H2,1H3. The number of benzene rings is 1. The van der Waals surface area contributed by atoms with Gasteiger partial charge in [0.25, 0.3) is 0 Å². The molecular weight excluding hydrogens is 241 g/mol. The summed E-state index contributed by atoms with van der Waals surface area (Å²) in [6, 6.07) is 2.96. The highest BCUT2D eigenvalue weighted by atomic mass is 19.4. The monoisotopic (exact) mass is 250 g/mol. The minimum absolute atomic E-state index is 0.163. The highest BCUT2D eigenvalue weighted by Gasteiger charge is 2.31. The number of halogens is 3. The average Bonchev–Trinajstić information content (AvgIpc) is 2.13. The van der Waals surface area contributed by atoms with E-state index in [0.29, 0.717) is 0 Å². The topological polar surface area (TPSA) is 55.8 Å². The molecule has 0 atom stereocenters. The van der Waals surface area contributed by atoms with Gasteiger partial charge in [0.1, 0.15) is 11.5 Å². The summed E-state index contributed by atoms with van der Waals surface area (Å²) >= 11 is 0. The maximum atomic E-state index is 11.9. The Morgan fingerprint density at radius 2 is 2.00 bits per heavy atom. The Morgan fingerprint density at radius 3 is 2.53 bits per heavy atom. The number of carbonyl (C=O) groups is 1. The summed E-state index contributed by atoms with van der Waals surface area (Å²) in [5.74, 6) is -1.64. The van der Waals surface area contributed by atoms with Gasteiger partial charge < -0.3 is 14.6 Å². The van der Waals surface area contributed by atoms with E-state index in [2.05, 4.69) is 9.47 Å². The van der Waals surface area contributed by atoms with Gasteiger partial charge in [-0.15, -0.1) is 13.2 Å². The zero-order chi connectivity index (χ0) is 13.1. The van der Waals surface area contributed by atoms with Crippen LogP contribution < -0.4 is 4.74 Å². The molecule has 7 heteroatoms. The fraction of sp³-hybridized carbons (Fsp3) is 0.300. The fourth-order valence-corrected chi connectivity index (χ4v) is 1.18. The third kappa shape index (κ3) is 4.62. The second-order valence-electron chi connectivity index (χ2n) is 3.14. The van der Waals surface area contributed by atoms with Crippen LogP contribution in [0.5, 0.6) is 11.5 Å². The number of esters is 1. The molecule has 0 spiro atoms. The van der Waals surface area contributed by atoms with Crippen LogP contribution in [0.1, 0.15) is 5.56 Å². The zero-order valence-electron chi connectivity index (χ0n) is 8.75. The molecule has 0 amide bonds. The van der Waals surface area contributed by atoms with Crippen molar-refractivity contribution in [2.75, 3.05) is 7.11 Å². The molecule has 0 fully saturated rings. The van der Waals surface area contributed by atoms with Crippen molar-refractivity contribution in [1.82, 2.24) is 0 Å². The fourth-order valence-electron chi connectivity index (χ4n) is 1.18. The van der Waals surface area contributed by atoms with Crippen molar-refractivity contribution in [3.05, 3.63) is 23.8 Å². The molecule has 0 saturated carbocycles. The van der Waals surface area contributed by atoms with Crippen molar-refractivity contribution >= 4 is 5.97 Å². The van der Waals surface area contributed by atoms with Crippen LogP contribution in [0.25, 0.3) is 0 Å². The Labute approximate surface area is 94.6 Å². The molecular formula is C10H9F3O4. The number of carbonyl (C=O) groups excluding carboxylic acids is 1. The van der Waals surface area contributed by atoms with Crippen LogP contribution in [0, 0.1) is 0 Å². The molecule has 1 aromatic rings. The molecule has 1 N–H and O–H groups in total. The van der Waals surface area contributed by atoms with Crippen molar-refractivity contribution in [3.63, 3.8) is 0 Å². The van der Waals surface area contributed by atoms with E-state index in [1.807, 2.05) is 0 Å². The van der Waals surface area contributed by atoms with Crippen molar-refractivity contribution < 1.29 is 32.5 Å². The van der Waals surface area contributed by atoms with Crippen molar-refractivity contribution in [1.29, 1.82) is 0 Å². The van der Waals surface area contributed by atoms with Crippen LogP contribution in [0.4, 0.5) is 13.2 Å². The molecule has 0 aliphatic carbocycles. The number of rotatable bonds is 3. The van der Waals surface area contributed by atoms with Gasteiger partial charge in [0.05, 0.1) is 13.5 Å². The van der Waals surface area contributed by atoms with Crippen molar-refractivity contribution in [2.45, 2.75) is 12.8 Å². The molecule has 0 radical (unpaired) electrons. The first-order valence-corrected chi connectivity index (χ1v) is 4.45. The number of hydrogen-bond acceptors (Lipinski definition) is 4. The summed E-state index contributed by atoms with van der Waals surface area (Å²) in [4.78, 5) is 10.9. The number of phenolic OH excluding ortho intramolecular Hbond substituents is 1. The summed E-state index contributed by atoms with van der Waals surface area (Å²) in [5.41, 5.74) is 0.163. The van der Waals surface area contributed by atoms with Crippen LogP contribution >= 0.6 is 0 Å². The molecule has 17 heavy (non-hydrogen) atoms. The molecule has 0 heterocycles. The van der Waals surface area contributed by atoms with E-state index in [9.17, 15) is 23.1 Å². The van der Waals surface area contributed by atoms with E-state index >= 15 is 0 Å². The lowest BCUT2D eigenvalue weighted by molar-refractivity contribution is -0.274. The second-order valence-corrected chi connectivity index (χ2v) is 3.14. The smallest absolute Gasteiger partial charge is 0.508 e. The number of methoxy groups -OCH3 is 1. The molecule has 4 nitrogen and oxygen atoms in total. The highest BCUT2D eigenvalue weighted by Crippen LogP contribution is 2.27. The molecule has 94 valence electrons. The Morgan fingerprint density at radius 1 is 1.35 bits per heavy atom. The van der Waals surface area contributed by atoms with Crippen molar-refractivity contribution in [2.24, 2.45) is 0 Å². The van der Waals surface area contributed by atoms with E-state index in [-0.39, 0.29) is 12.0 Å². The molecule has 0 aliphatic heterocycles. The van der Waals surface area contributed by atoms with Gasteiger partial charge >= 0.3 is 12.3 Å². The summed E-state index contributed by atoms with van der Waals surface area (Å²) in [6.45, 7) is 0. The third-order valence-corrected chi connectivity index (χ3v) is 1.76. The maximum absolute atomic E-state index is 11.9. The molecule has 0 aromatic heterocycles. The molecule has 1 rings (SSSR count). The molecule has 1 aromatic carbocycles. The van der Waals surface area contributed by atoms with Crippen LogP contribution in [0.15, 0.2) is 18.2 Å². The third-order valence-electron chi connectivity index (χ3n) is 1.76. The average molecular weight is 250 g/mol. The van der Waals surface area contributed by atoms with Gasteiger partial charge in [-0.05, 0) is 17.7 Å². The van der Waals surface area contributed by atoms with Crippen molar-refractivity contribution in [3.8, 4) is 11.5 Å². The normalized spacial score (nSPS) is 11.1. The van der Waals surface area contributed by atoms with E-state index in [0.717, 1.165) is 25.3 Å². The van der Waals surface area contributed by atoms with Crippen LogP contribution in [-0.4, -0.2) is 24.5 Å². The minimum atomic E-state index is -4.85. The number of phenols is 1. The predicted octanol–water partition coefficient (Wildman–Crippen LogP) is 2.01. The summed E-state index contributed by atoms with van der Waals surface area (Å²) in [5, 5.41) is 9.18. The van der Waals surface area contributed by atoms with E-state index in [1.54, 1.807) is 0 Å². The highest BCUT2D eigenvalue weighted by molar-refractivity contribution is 5.72. The van der Waals surface area contributed by atoms with Gasteiger partial charge in [-0.2, -0.15) is 0 Å². The largest absolute Gasteiger partial charge is 0.573 e. The van der Waals surface area contributed by atoms with Gasteiger partial charge in [0, 0.05) is 6.07 Å². The van der Waals surface area contributed by atoms with Crippen LogP contribution in [0.2, 0.25) is 0 Å². The van der Waals surface area contributed by atoms with E-state index < -0.39 is 23.8 Å². The maximum Gasteiger partial charge on any atom is 0.573 e. The minimum Gasteiger partial charge on any atom is -0.508 e. The first-order valence-electron chi connectivity index (χ1n) is 4.45. The van der Waals surface area contributed by atoms with Gasteiger partial charge in [-0.1, -0.05) is 0 Å². The Bertz CT molecular complexity index is 415. The number of alkyl halides is 3. The molecule has 0 saturated heterocycles. The SMILES string of the molecule is COC(=O)Cc1cc(O)cc(OC(F)(F)F)c1. The lowest BCUT2D eigenvalue weighted by Crippen LogP contribution is -2.17. The van der Waals surface area contributed by atoms with E-state index in [1.165, 1.54) is 0 Å². The summed E-state index contributed by atoms with van der Waals surface area (Å²) in [7, 11) is 1.15. The second kappa shape index (κ2) is 4.94. The van der Waals surface area contributed by atoms with E-state index in [4.69, 9.17) is 0 Å². The lowest BCUT2D eigenvalue weighted by atomic mass is 10.1. The Kier molecular flexibility index (Phi) is 3.82. The molecule has 0 bridgehead atoms. The lowest BCUT2D eigenvalue weighted by Gasteiger charge is -2.10. The number of hydrogen-bond donors (Lipinski definition) is 1. The number of aromatic hydroxyl groups is 1. The zero-order valence-corrected chi connectivity index (χ0v) is 8.75. The first kappa shape index (κ1) is 13.1. The quantitative estimate of drug-likeness (QED) is 0.833. The first-order chi connectivity index (χ1) is 7.80. The number of ether oxygens (including phenoxy) is 2. The van der Waals surface area contributed by atoms with Gasteiger partial charge in [0.15, 0.2) is 0 Å². The summed E-state index contributed by atoms with van der Waals surface area (Å²) in [6.07, 6.45) is -5.10. The van der Waals surface area contributed by atoms with Crippen LogP contribution in [-0.2, 0) is 16.0 Å². The Balaban J connectivity index is 2.90. The summed E-state index contributed by atoms with van der Waals surface area (Å²) < 4.78 is 43.8. The molecule has 0 aliphatic rings.